The maximum atomic E-state index is 5.50. The predicted molar refractivity (Wildman–Crippen MR) is 81.1 cm³/mol. The molecule has 4 nitrogen and oxygen atoms in total. The topological polar surface area (TPSA) is 39.7 Å². The molecule has 20 heavy (non-hydrogen) atoms. The molecule has 0 aromatic heterocycles. The second kappa shape index (κ2) is 10.8. The summed E-state index contributed by atoms with van der Waals surface area (Å²) in [5.74, 6) is 0. The lowest BCUT2D eigenvalue weighted by molar-refractivity contribution is 0.0253. The predicted octanol–water partition coefficient (Wildman–Crippen LogP) is 2.33. The number of methoxy groups -OCH3 is 1. The smallest absolute Gasteiger partial charge is 0.0701 e. The lowest BCUT2D eigenvalue weighted by Gasteiger charge is -2.16. The van der Waals surface area contributed by atoms with Crippen molar-refractivity contribution in [3.63, 3.8) is 0 Å². The van der Waals surface area contributed by atoms with Gasteiger partial charge in [0.1, 0.15) is 0 Å². The van der Waals surface area contributed by atoms with Crippen molar-refractivity contribution in [2.75, 3.05) is 46.7 Å². The molecule has 4 heteroatoms. The van der Waals surface area contributed by atoms with Gasteiger partial charge < -0.3 is 19.5 Å². The lowest BCUT2D eigenvalue weighted by atomic mass is 10.0. The summed E-state index contributed by atoms with van der Waals surface area (Å²) in [6, 6.07) is 8.80. The third kappa shape index (κ3) is 7.01. The Kier molecular flexibility index (Phi) is 9.24. The van der Waals surface area contributed by atoms with E-state index in [0.29, 0.717) is 39.1 Å². The largest absolute Gasteiger partial charge is 0.382 e. The fourth-order valence-corrected chi connectivity index (χ4v) is 1.99. The Hall–Kier alpha value is -0.940. The minimum Gasteiger partial charge on any atom is -0.382 e. The monoisotopic (exact) mass is 281 g/mol. The van der Waals surface area contributed by atoms with Crippen molar-refractivity contribution in [3.8, 4) is 0 Å². The standard InChI is InChI=1S/C16H27NO3/c1-14-6-4-5-7-16(14)15(2)17-8-9-19-12-13-20-11-10-18-3/h4-7,15,17H,8-13H2,1-3H3/t15-/m0/s1. The van der Waals surface area contributed by atoms with Gasteiger partial charge in [0.15, 0.2) is 0 Å². The van der Waals surface area contributed by atoms with Gasteiger partial charge in [-0.15, -0.1) is 0 Å². The molecule has 0 aliphatic carbocycles. The first-order chi connectivity index (χ1) is 9.75. The van der Waals surface area contributed by atoms with Crippen LogP contribution in [-0.2, 0) is 14.2 Å². The highest BCUT2D eigenvalue weighted by Gasteiger charge is 2.06. The van der Waals surface area contributed by atoms with Crippen molar-refractivity contribution in [3.05, 3.63) is 35.4 Å². The molecule has 1 aromatic carbocycles. The van der Waals surface area contributed by atoms with Crippen LogP contribution in [0.3, 0.4) is 0 Å². The molecule has 1 N–H and O–H groups in total. The SMILES string of the molecule is COCCOCCOCCN[C@@H](C)c1ccccc1C. The molecule has 1 aromatic rings. The molecule has 0 spiro atoms. The molecule has 0 bridgehead atoms. The Morgan fingerprint density at radius 1 is 1.00 bits per heavy atom. The van der Waals surface area contributed by atoms with Gasteiger partial charge in [-0.1, -0.05) is 24.3 Å². The van der Waals surface area contributed by atoms with Gasteiger partial charge >= 0.3 is 0 Å². The van der Waals surface area contributed by atoms with E-state index in [0.717, 1.165) is 6.54 Å². The van der Waals surface area contributed by atoms with Crippen LogP contribution in [0.15, 0.2) is 24.3 Å². The van der Waals surface area contributed by atoms with Crippen LogP contribution < -0.4 is 5.32 Å². The molecular weight excluding hydrogens is 254 g/mol. The molecule has 0 fully saturated rings. The number of aryl methyl sites for hydroxylation is 1. The average molecular weight is 281 g/mol. The van der Waals surface area contributed by atoms with Crippen LogP contribution in [0.2, 0.25) is 0 Å². The van der Waals surface area contributed by atoms with E-state index >= 15 is 0 Å². The van der Waals surface area contributed by atoms with Gasteiger partial charge in [-0.3, -0.25) is 0 Å². The van der Waals surface area contributed by atoms with Crippen LogP contribution in [-0.4, -0.2) is 46.7 Å². The second-order valence-electron chi connectivity index (χ2n) is 4.75. The Morgan fingerprint density at radius 2 is 1.65 bits per heavy atom. The summed E-state index contributed by atoms with van der Waals surface area (Å²) in [5.41, 5.74) is 2.66. The first kappa shape index (κ1) is 17.1. The average Bonchev–Trinajstić information content (AvgIpc) is 2.46. The summed E-state index contributed by atoms with van der Waals surface area (Å²) in [5, 5.41) is 3.47. The molecule has 0 aliphatic rings. The number of hydrogen-bond acceptors (Lipinski definition) is 4. The molecule has 1 atom stereocenters. The van der Waals surface area contributed by atoms with Gasteiger partial charge in [0, 0.05) is 19.7 Å². The summed E-state index contributed by atoms with van der Waals surface area (Å²) in [6.45, 7) is 8.37. The molecule has 0 saturated carbocycles. The third-order valence-electron chi connectivity index (χ3n) is 3.16. The molecule has 0 radical (unpaired) electrons. The summed E-state index contributed by atoms with van der Waals surface area (Å²) in [4.78, 5) is 0. The van der Waals surface area contributed by atoms with Gasteiger partial charge in [0.05, 0.1) is 33.0 Å². The highest BCUT2D eigenvalue weighted by molar-refractivity contribution is 5.28. The van der Waals surface area contributed by atoms with Crippen molar-refractivity contribution >= 4 is 0 Å². The molecular formula is C16H27NO3. The minimum atomic E-state index is 0.345. The molecule has 0 unspecified atom stereocenters. The first-order valence-corrected chi connectivity index (χ1v) is 7.19. The van der Waals surface area contributed by atoms with Crippen molar-refractivity contribution < 1.29 is 14.2 Å². The molecule has 0 heterocycles. The normalized spacial score (nSPS) is 12.6. The minimum absolute atomic E-state index is 0.345. The van der Waals surface area contributed by atoms with E-state index in [9.17, 15) is 0 Å². The molecule has 0 aliphatic heterocycles. The van der Waals surface area contributed by atoms with Crippen LogP contribution >= 0.6 is 0 Å². The van der Waals surface area contributed by atoms with Crippen molar-refractivity contribution in [1.82, 2.24) is 5.32 Å². The Bertz CT molecular complexity index is 357. The van der Waals surface area contributed by atoms with E-state index in [1.807, 2.05) is 0 Å². The van der Waals surface area contributed by atoms with Crippen LogP contribution in [0.5, 0.6) is 0 Å². The fraction of sp³-hybridized carbons (Fsp3) is 0.625. The maximum Gasteiger partial charge on any atom is 0.0701 e. The van der Waals surface area contributed by atoms with E-state index < -0.39 is 0 Å². The second-order valence-corrected chi connectivity index (χ2v) is 4.75. The Balaban J connectivity index is 2.03. The third-order valence-corrected chi connectivity index (χ3v) is 3.16. The number of ether oxygens (including phenoxy) is 3. The fourth-order valence-electron chi connectivity index (χ4n) is 1.99. The first-order valence-electron chi connectivity index (χ1n) is 7.19. The van der Waals surface area contributed by atoms with E-state index in [2.05, 4.69) is 43.4 Å². The van der Waals surface area contributed by atoms with Crippen LogP contribution in [0.1, 0.15) is 24.1 Å². The summed E-state index contributed by atoms with van der Waals surface area (Å²) < 4.78 is 15.7. The van der Waals surface area contributed by atoms with Crippen LogP contribution in [0, 0.1) is 6.92 Å². The van der Waals surface area contributed by atoms with E-state index in [1.165, 1.54) is 11.1 Å². The maximum absolute atomic E-state index is 5.50. The van der Waals surface area contributed by atoms with Crippen LogP contribution in [0.4, 0.5) is 0 Å². The Morgan fingerprint density at radius 3 is 2.35 bits per heavy atom. The van der Waals surface area contributed by atoms with Crippen molar-refractivity contribution in [1.29, 1.82) is 0 Å². The lowest BCUT2D eigenvalue weighted by Crippen LogP contribution is -2.24. The zero-order valence-electron chi connectivity index (χ0n) is 12.9. The Labute approximate surface area is 122 Å². The molecule has 0 saturated heterocycles. The van der Waals surface area contributed by atoms with E-state index in [-0.39, 0.29) is 0 Å². The van der Waals surface area contributed by atoms with Crippen molar-refractivity contribution in [2.45, 2.75) is 19.9 Å². The zero-order chi connectivity index (χ0) is 14.6. The number of hydrogen-bond donors (Lipinski definition) is 1. The van der Waals surface area contributed by atoms with Gasteiger partial charge in [0.2, 0.25) is 0 Å². The summed E-state index contributed by atoms with van der Waals surface area (Å²) >= 11 is 0. The quantitative estimate of drug-likeness (QED) is 0.632. The number of rotatable bonds is 11. The summed E-state index contributed by atoms with van der Waals surface area (Å²) in [7, 11) is 1.67. The molecule has 1 rings (SSSR count). The van der Waals surface area contributed by atoms with Gasteiger partial charge in [-0.25, -0.2) is 0 Å². The van der Waals surface area contributed by atoms with Gasteiger partial charge in [-0.2, -0.15) is 0 Å². The molecule has 114 valence electrons. The summed E-state index contributed by atoms with van der Waals surface area (Å²) in [6.07, 6.45) is 0. The molecule has 0 amide bonds. The van der Waals surface area contributed by atoms with E-state index in [4.69, 9.17) is 14.2 Å². The van der Waals surface area contributed by atoms with Crippen molar-refractivity contribution in [2.24, 2.45) is 0 Å². The number of benzene rings is 1. The van der Waals surface area contributed by atoms with E-state index in [1.54, 1.807) is 7.11 Å². The van der Waals surface area contributed by atoms with Gasteiger partial charge in [0.25, 0.3) is 0 Å². The van der Waals surface area contributed by atoms with Crippen LogP contribution in [0.25, 0.3) is 0 Å². The number of nitrogens with one attached hydrogen (secondary N) is 1. The highest BCUT2D eigenvalue weighted by Crippen LogP contribution is 2.15. The highest BCUT2D eigenvalue weighted by atomic mass is 16.5. The van der Waals surface area contributed by atoms with Gasteiger partial charge in [-0.05, 0) is 25.0 Å². The zero-order valence-corrected chi connectivity index (χ0v) is 12.9.